The van der Waals surface area contributed by atoms with Crippen LogP contribution in [0.4, 0.5) is 17.1 Å². The lowest BCUT2D eigenvalue weighted by Gasteiger charge is -2.10. The first-order valence-corrected chi connectivity index (χ1v) is 9.46. The summed E-state index contributed by atoms with van der Waals surface area (Å²) < 4.78 is 0. The van der Waals surface area contributed by atoms with Gasteiger partial charge in [0.25, 0.3) is 17.5 Å². The van der Waals surface area contributed by atoms with E-state index < -0.39 is 10.8 Å². The summed E-state index contributed by atoms with van der Waals surface area (Å²) in [6.07, 6.45) is 0. The Morgan fingerprint density at radius 1 is 0.710 bits per heavy atom. The van der Waals surface area contributed by atoms with E-state index in [0.717, 1.165) is 10.8 Å². The fraction of sp³-hybridized carbons (Fsp3) is 0. The summed E-state index contributed by atoms with van der Waals surface area (Å²) in [7, 11) is 0. The Balaban J connectivity index is 1.52. The Hall–Kier alpha value is -4.52. The van der Waals surface area contributed by atoms with Crippen LogP contribution in [-0.2, 0) is 0 Å². The van der Waals surface area contributed by atoms with Crippen molar-refractivity contribution >= 4 is 39.6 Å². The van der Waals surface area contributed by atoms with Gasteiger partial charge in [0.15, 0.2) is 0 Å². The predicted molar refractivity (Wildman–Crippen MR) is 119 cm³/mol. The van der Waals surface area contributed by atoms with Gasteiger partial charge in [-0.3, -0.25) is 19.7 Å². The molecule has 0 bridgehead atoms. The number of hydrogen-bond acceptors (Lipinski definition) is 4. The number of rotatable bonds is 5. The molecule has 0 radical (unpaired) electrons. The van der Waals surface area contributed by atoms with Crippen LogP contribution in [0.2, 0.25) is 0 Å². The normalized spacial score (nSPS) is 10.5. The minimum Gasteiger partial charge on any atom is -0.322 e. The van der Waals surface area contributed by atoms with Gasteiger partial charge in [0.2, 0.25) is 0 Å². The highest BCUT2D eigenvalue weighted by molar-refractivity contribution is 6.10. The zero-order valence-corrected chi connectivity index (χ0v) is 16.2. The molecule has 4 aromatic carbocycles. The quantitative estimate of drug-likeness (QED) is 0.346. The van der Waals surface area contributed by atoms with Gasteiger partial charge >= 0.3 is 0 Å². The number of anilines is 2. The molecule has 2 amide bonds. The number of carbonyl (C=O) groups excluding carboxylic acids is 2. The van der Waals surface area contributed by atoms with Gasteiger partial charge in [-0.05, 0) is 35.7 Å². The molecule has 0 saturated heterocycles. The molecule has 0 spiro atoms. The number of nitrogens with zero attached hydrogens (tertiary/aromatic N) is 1. The molecular formula is C24H17N3O4. The van der Waals surface area contributed by atoms with Crippen molar-refractivity contribution in [3.8, 4) is 0 Å². The standard InChI is InChI=1S/C24H17N3O4/c28-23(18-9-4-11-20(15-18)27(30)31)25-19-10-3-8-17(14-19)24(29)26-22-13-5-7-16-6-1-2-12-21(16)22/h1-15H,(H,25,28)(H,26,29). The molecule has 4 aromatic rings. The summed E-state index contributed by atoms with van der Waals surface area (Å²) in [6.45, 7) is 0. The van der Waals surface area contributed by atoms with Gasteiger partial charge in [0.1, 0.15) is 0 Å². The Bertz CT molecular complexity index is 1310. The predicted octanol–water partition coefficient (Wildman–Crippen LogP) is 5.25. The SMILES string of the molecule is O=C(Nc1cccc(C(=O)Nc2cccc3ccccc23)c1)c1cccc([N+](=O)[O-])c1. The van der Waals surface area contributed by atoms with E-state index in [0.29, 0.717) is 16.9 Å². The molecule has 0 aliphatic carbocycles. The number of nitro groups is 1. The molecule has 0 fully saturated rings. The Kier molecular flexibility index (Phi) is 5.40. The van der Waals surface area contributed by atoms with Crippen molar-refractivity contribution in [1.29, 1.82) is 0 Å². The number of benzene rings is 4. The first-order valence-electron chi connectivity index (χ1n) is 9.46. The fourth-order valence-corrected chi connectivity index (χ4v) is 3.23. The van der Waals surface area contributed by atoms with Gasteiger partial charge < -0.3 is 10.6 Å². The van der Waals surface area contributed by atoms with E-state index in [2.05, 4.69) is 10.6 Å². The number of carbonyl (C=O) groups is 2. The lowest BCUT2D eigenvalue weighted by atomic mass is 10.1. The molecule has 0 aromatic heterocycles. The van der Waals surface area contributed by atoms with Crippen LogP contribution in [0.3, 0.4) is 0 Å². The summed E-state index contributed by atoms with van der Waals surface area (Å²) in [5.41, 5.74) is 1.44. The summed E-state index contributed by atoms with van der Waals surface area (Å²) in [5.74, 6) is -0.821. The third kappa shape index (κ3) is 4.40. The third-order valence-electron chi connectivity index (χ3n) is 4.74. The van der Waals surface area contributed by atoms with Crippen LogP contribution < -0.4 is 10.6 Å². The number of non-ortho nitro benzene ring substituents is 1. The van der Waals surface area contributed by atoms with Gasteiger partial charge in [-0.2, -0.15) is 0 Å². The van der Waals surface area contributed by atoms with E-state index in [4.69, 9.17) is 0 Å². The fourth-order valence-electron chi connectivity index (χ4n) is 3.23. The summed E-state index contributed by atoms with van der Waals surface area (Å²) >= 11 is 0. The van der Waals surface area contributed by atoms with Crippen molar-refractivity contribution in [3.05, 3.63) is 112 Å². The highest BCUT2D eigenvalue weighted by atomic mass is 16.6. The Labute approximate surface area is 177 Å². The largest absolute Gasteiger partial charge is 0.322 e. The van der Waals surface area contributed by atoms with Crippen LogP contribution in [0.25, 0.3) is 10.8 Å². The first-order chi connectivity index (χ1) is 15.0. The number of nitro benzene ring substituents is 1. The van der Waals surface area contributed by atoms with Gasteiger partial charge in [-0.1, -0.05) is 48.5 Å². The topological polar surface area (TPSA) is 101 Å². The van der Waals surface area contributed by atoms with E-state index in [1.807, 2.05) is 42.5 Å². The molecule has 0 unspecified atom stereocenters. The molecule has 0 saturated carbocycles. The van der Waals surface area contributed by atoms with Gasteiger partial charge in [-0.25, -0.2) is 0 Å². The van der Waals surface area contributed by atoms with Crippen LogP contribution in [0.5, 0.6) is 0 Å². The number of hydrogen-bond donors (Lipinski definition) is 2. The number of fused-ring (bicyclic) bond motifs is 1. The highest BCUT2D eigenvalue weighted by Gasteiger charge is 2.13. The Morgan fingerprint density at radius 2 is 1.35 bits per heavy atom. The maximum atomic E-state index is 12.8. The van der Waals surface area contributed by atoms with E-state index in [9.17, 15) is 19.7 Å². The van der Waals surface area contributed by atoms with Gasteiger partial charge in [-0.15, -0.1) is 0 Å². The molecule has 4 rings (SSSR count). The molecule has 0 heterocycles. The first kappa shape index (κ1) is 19.8. The average Bonchev–Trinajstić information content (AvgIpc) is 2.79. The Morgan fingerprint density at radius 3 is 2.16 bits per heavy atom. The molecule has 7 nitrogen and oxygen atoms in total. The molecule has 31 heavy (non-hydrogen) atoms. The molecule has 0 aliphatic rings. The van der Waals surface area contributed by atoms with Crippen molar-refractivity contribution in [2.75, 3.05) is 10.6 Å². The average molecular weight is 411 g/mol. The third-order valence-corrected chi connectivity index (χ3v) is 4.74. The smallest absolute Gasteiger partial charge is 0.270 e. The second kappa shape index (κ2) is 8.46. The number of amides is 2. The van der Waals surface area contributed by atoms with E-state index in [-0.39, 0.29) is 17.2 Å². The molecule has 7 heteroatoms. The second-order valence-corrected chi connectivity index (χ2v) is 6.82. The van der Waals surface area contributed by atoms with Crippen molar-refractivity contribution in [2.24, 2.45) is 0 Å². The molecule has 0 aliphatic heterocycles. The van der Waals surface area contributed by atoms with Crippen molar-refractivity contribution in [1.82, 2.24) is 0 Å². The van der Waals surface area contributed by atoms with Crippen molar-refractivity contribution in [2.45, 2.75) is 0 Å². The van der Waals surface area contributed by atoms with Crippen LogP contribution >= 0.6 is 0 Å². The molecular weight excluding hydrogens is 394 g/mol. The van der Waals surface area contributed by atoms with E-state index >= 15 is 0 Å². The van der Waals surface area contributed by atoms with Crippen LogP contribution in [0.15, 0.2) is 91.0 Å². The second-order valence-electron chi connectivity index (χ2n) is 6.82. The minimum atomic E-state index is -0.560. The highest BCUT2D eigenvalue weighted by Crippen LogP contribution is 2.24. The summed E-state index contributed by atoms with van der Waals surface area (Å²) in [6, 6.07) is 25.3. The molecule has 152 valence electrons. The lowest BCUT2D eigenvalue weighted by molar-refractivity contribution is -0.384. The monoisotopic (exact) mass is 411 g/mol. The maximum Gasteiger partial charge on any atom is 0.270 e. The zero-order chi connectivity index (χ0) is 21.8. The van der Waals surface area contributed by atoms with Gasteiger partial charge in [0.05, 0.1) is 4.92 Å². The summed E-state index contributed by atoms with van der Waals surface area (Å²) in [4.78, 5) is 35.6. The molecule has 2 N–H and O–H groups in total. The van der Waals surface area contributed by atoms with E-state index in [1.54, 1.807) is 24.3 Å². The maximum absolute atomic E-state index is 12.8. The summed E-state index contributed by atoms with van der Waals surface area (Å²) in [5, 5.41) is 18.4. The van der Waals surface area contributed by atoms with Crippen LogP contribution in [0, 0.1) is 10.1 Å². The number of nitrogens with one attached hydrogen (secondary N) is 2. The van der Waals surface area contributed by atoms with E-state index in [1.165, 1.54) is 24.3 Å². The van der Waals surface area contributed by atoms with Crippen LogP contribution in [0.1, 0.15) is 20.7 Å². The van der Waals surface area contributed by atoms with Gasteiger partial charge in [0, 0.05) is 40.0 Å². The lowest BCUT2D eigenvalue weighted by Crippen LogP contribution is -2.15. The molecule has 0 atom stereocenters. The van der Waals surface area contributed by atoms with Crippen molar-refractivity contribution < 1.29 is 14.5 Å². The zero-order valence-electron chi connectivity index (χ0n) is 16.2. The van der Waals surface area contributed by atoms with Crippen LogP contribution in [-0.4, -0.2) is 16.7 Å². The minimum absolute atomic E-state index is 0.153. The van der Waals surface area contributed by atoms with Crippen molar-refractivity contribution in [3.63, 3.8) is 0 Å².